The molecule has 5 nitrogen and oxygen atoms in total. The number of carbonyl (C=O) groups is 1. The number of hydrogen-bond donors (Lipinski definition) is 0. The van der Waals surface area contributed by atoms with Crippen molar-refractivity contribution in [2.75, 3.05) is 0 Å². The summed E-state index contributed by atoms with van der Waals surface area (Å²) < 4.78 is 19.1. The molecule has 26 heavy (non-hydrogen) atoms. The van der Waals surface area contributed by atoms with Crippen molar-refractivity contribution >= 4 is 40.5 Å². The monoisotopic (exact) mass is 411 g/mol. The summed E-state index contributed by atoms with van der Waals surface area (Å²) in [6, 6.07) is 4.21. The lowest BCUT2D eigenvalue weighted by molar-refractivity contribution is 0.0342. The third-order valence-electron chi connectivity index (χ3n) is 3.51. The van der Waals surface area contributed by atoms with Crippen molar-refractivity contribution in [1.82, 2.24) is 15.0 Å². The fraction of sp³-hybridized carbons (Fsp3) is 0.176. The van der Waals surface area contributed by atoms with Crippen LogP contribution in [0.4, 0.5) is 4.39 Å². The highest BCUT2D eigenvalue weighted by molar-refractivity contribution is 7.16. The highest BCUT2D eigenvalue weighted by Gasteiger charge is 2.24. The molecule has 1 aromatic carbocycles. The van der Waals surface area contributed by atoms with Gasteiger partial charge in [0.1, 0.15) is 16.8 Å². The molecule has 2 aromatic heterocycles. The van der Waals surface area contributed by atoms with Crippen LogP contribution in [0.25, 0.3) is 10.8 Å². The molecule has 3 aromatic rings. The highest BCUT2D eigenvalue weighted by atomic mass is 35.5. The molecular weight excluding hydrogens is 400 g/mol. The van der Waals surface area contributed by atoms with Crippen LogP contribution < -0.4 is 0 Å². The van der Waals surface area contributed by atoms with Crippen LogP contribution in [-0.4, -0.2) is 20.9 Å². The van der Waals surface area contributed by atoms with Gasteiger partial charge in [-0.2, -0.15) is 0 Å². The van der Waals surface area contributed by atoms with Gasteiger partial charge in [0, 0.05) is 23.0 Å². The van der Waals surface area contributed by atoms with Crippen LogP contribution in [0.2, 0.25) is 10.0 Å². The number of halogens is 3. The van der Waals surface area contributed by atoms with Gasteiger partial charge in [0.2, 0.25) is 0 Å². The van der Waals surface area contributed by atoms with Crippen molar-refractivity contribution in [2.24, 2.45) is 0 Å². The molecule has 0 spiro atoms. The molecule has 2 heterocycles. The fourth-order valence-electron chi connectivity index (χ4n) is 2.28. The third-order valence-corrected chi connectivity index (χ3v) is 5.36. The number of nitrogens with zero attached hydrogens (tertiary/aromatic N) is 3. The second-order valence-electron chi connectivity index (χ2n) is 5.31. The van der Waals surface area contributed by atoms with E-state index in [2.05, 4.69) is 15.0 Å². The molecule has 0 fully saturated rings. The molecule has 0 aliphatic heterocycles. The molecule has 0 radical (unpaired) electrons. The number of aromatic nitrogens is 3. The number of benzene rings is 1. The summed E-state index contributed by atoms with van der Waals surface area (Å²) in [7, 11) is 0. The minimum absolute atomic E-state index is 0.169. The Balaban J connectivity index is 1.85. The zero-order chi connectivity index (χ0) is 18.8. The van der Waals surface area contributed by atoms with E-state index in [1.54, 1.807) is 32.3 Å². The molecule has 134 valence electrons. The zero-order valence-electron chi connectivity index (χ0n) is 13.7. The topological polar surface area (TPSA) is 65.0 Å². The Morgan fingerprint density at radius 1 is 1.27 bits per heavy atom. The molecule has 0 amide bonds. The number of thiazole rings is 1. The Hall–Kier alpha value is -2.09. The lowest BCUT2D eigenvalue weighted by Crippen LogP contribution is -2.10. The van der Waals surface area contributed by atoms with Crippen LogP contribution in [0.1, 0.15) is 34.0 Å². The number of rotatable bonds is 4. The SMILES string of the molecule is Cc1nc(-c2ncccn2)sc1C(=O)O[C@H](C)c1c(Cl)ccc(F)c1Cl. The van der Waals surface area contributed by atoms with Crippen molar-refractivity contribution in [3.05, 3.63) is 62.6 Å². The number of hydrogen-bond acceptors (Lipinski definition) is 6. The van der Waals surface area contributed by atoms with Crippen molar-refractivity contribution in [3.8, 4) is 10.8 Å². The third kappa shape index (κ3) is 3.70. The maximum Gasteiger partial charge on any atom is 0.350 e. The molecule has 0 N–H and O–H groups in total. The highest BCUT2D eigenvalue weighted by Crippen LogP contribution is 2.35. The smallest absolute Gasteiger partial charge is 0.350 e. The van der Waals surface area contributed by atoms with Gasteiger partial charge in [0.15, 0.2) is 10.8 Å². The van der Waals surface area contributed by atoms with Crippen LogP contribution in [0.15, 0.2) is 30.6 Å². The van der Waals surface area contributed by atoms with Gasteiger partial charge in [-0.05, 0) is 32.0 Å². The standard InChI is InChI=1S/C17H12Cl2FN3O2S/c1-8-14(26-16(23-8)15-21-6-3-7-22-15)17(24)25-9(2)12-10(18)4-5-11(20)13(12)19/h3-7,9H,1-2H3/t9-/m1/s1. The minimum Gasteiger partial charge on any atom is -0.453 e. The minimum atomic E-state index is -0.837. The number of aryl methyl sites for hydroxylation is 1. The van der Waals surface area contributed by atoms with Gasteiger partial charge in [0.25, 0.3) is 0 Å². The van der Waals surface area contributed by atoms with E-state index in [0.29, 0.717) is 21.4 Å². The molecule has 0 aliphatic rings. The average molecular weight is 412 g/mol. The second kappa shape index (κ2) is 7.65. The van der Waals surface area contributed by atoms with Gasteiger partial charge in [-0.1, -0.05) is 23.2 Å². The largest absolute Gasteiger partial charge is 0.453 e. The van der Waals surface area contributed by atoms with Gasteiger partial charge < -0.3 is 4.74 Å². The molecule has 0 bridgehead atoms. The number of esters is 1. The van der Waals surface area contributed by atoms with E-state index in [-0.39, 0.29) is 15.6 Å². The first-order chi connectivity index (χ1) is 12.4. The fourth-order valence-corrected chi connectivity index (χ4v) is 3.85. The van der Waals surface area contributed by atoms with Crippen molar-refractivity contribution in [3.63, 3.8) is 0 Å². The molecule has 3 rings (SSSR count). The van der Waals surface area contributed by atoms with E-state index < -0.39 is 17.9 Å². The molecule has 9 heteroatoms. The summed E-state index contributed by atoms with van der Waals surface area (Å²) in [5.74, 6) is -0.818. The maximum absolute atomic E-state index is 13.7. The first-order valence-corrected chi connectivity index (χ1v) is 9.05. The second-order valence-corrected chi connectivity index (χ2v) is 7.09. The van der Waals surface area contributed by atoms with Crippen LogP contribution in [0, 0.1) is 12.7 Å². The Kier molecular flexibility index (Phi) is 5.50. The van der Waals surface area contributed by atoms with Gasteiger partial charge in [0.05, 0.1) is 10.7 Å². The van der Waals surface area contributed by atoms with E-state index in [1.807, 2.05) is 0 Å². The van der Waals surface area contributed by atoms with Crippen molar-refractivity contribution in [1.29, 1.82) is 0 Å². The summed E-state index contributed by atoms with van der Waals surface area (Å²) in [4.78, 5) is 25.4. The average Bonchev–Trinajstić information content (AvgIpc) is 3.01. The van der Waals surface area contributed by atoms with Crippen molar-refractivity contribution < 1.29 is 13.9 Å². The summed E-state index contributed by atoms with van der Waals surface area (Å²) in [5.41, 5.74) is 0.710. The molecule has 0 saturated heterocycles. The predicted molar refractivity (Wildman–Crippen MR) is 98.1 cm³/mol. The Bertz CT molecular complexity index is 966. The maximum atomic E-state index is 13.7. The first kappa shape index (κ1) is 18.7. The predicted octanol–water partition coefficient (Wildman–Crippen LogP) is 5.27. The lowest BCUT2D eigenvalue weighted by atomic mass is 10.1. The van der Waals surface area contributed by atoms with E-state index >= 15 is 0 Å². The van der Waals surface area contributed by atoms with Gasteiger partial charge in [-0.3, -0.25) is 0 Å². The Labute approximate surface area is 162 Å². The van der Waals surface area contributed by atoms with Gasteiger partial charge >= 0.3 is 5.97 Å². The van der Waals surface area contributed by atoms with Crippen LogP contribution in [0.5, 0.6) is 0 Å². The molecule has 0 aliphatic carbocycles. The molecular formula is C17H12Cl2FN3O2S. The summed E-state index contributed by atoms with van der Waals surface area (Å²) in [6.07, 6.45) is 2.34. The number of carbonyl (C=O) groups excluding carboxylic acids is 1. The molecule has 0 unspecified atom stereocenters. The van der Waals surface area contributed by atoms with Crippen LogP contribution >= 0.6 is 34.5 Å². The Morgan fingerprint density at radius 3 is 2.65 bits per heavy atom. The quantitative estimate of drug-likeness (QED) is 0.431. The summed E-state index contributed by atoms with van der Waals surface area (Å²) >= 11 is 13.2. The Morgan fingerprint density at radius 2 is 1.96 bits per heavy atom. The van der Waals surface area contributed by atoms with Crippen LogP contribution in [0.3, 0.4) is 0 Å². The van der Waals surface area contributed by atoms with Gasteiger partial charge in [-0.25, -0.2) is 24.1 Å². The number of ether oxygens (including phenoxy) is 1. The molecule has 1 atom stereocenters. The van der Waals surface area contributed by atoms with E-state index in [4.69, 9.17) is 27.9 Å². The zero-order valence-corrected chi connectivity index (χ0v) is 16.0. The van der Waals surface area contributed by atoms with Crippen LogP contribution in [-0.2, 0) is 4.74 Å². The summed E-state index contributed by atoms with van der Waals surface area (Å²) in [6.45, 7) is 3.26. The molecule has 0 saturated carbocycles. The summed E-state index contributed by atoms with van der Waals surface area (Å²) in [5, 5.41) is 0.554. The van der Waals surface area contributed by atoms with Crippen molar-refractivity contribution in [2.45, 2.75) is 20.0 Å². The van der Waals surface area contributed by atoms with Gasteiger partial charge in [-0.15, -0.1) is 11.3 Å². The van der Waals surface area contributed by atoms with E-state index in [0.717, 1.165) is 17.4 Å². The normalized spacial score (nSPS) is 12.0. The lowest BCUT2D eigenvalue weighted by Gasteiger charge is -2.16. The first-order valence-electron chi connectivity index (χ1n) is 7.47. The van der Waals surface area contributed by atoms with E-state index in [9.17, 15) is 9.18 Å². The van der Waals surface area contributed by atoms with E-state index in [1.165, 1.54) is 6.07 Å².